The van der Waals surface area contributed by atoms with Gasteiger partial charge in [0, 0.05) is 36.2 Å². The molecule has 1 saturated heterocycles. The van der Waals surface area contributed by atoms with Gasteiger partial charge in [-0.2, -0.15) is 0 Å². The minimum absolute atomic E-state index is 0.151. The Hall–Kier alpha value is -1.88. The second-order valence-corrected chi connectivity index (χ2v) is 6.68. The van der Waals surface area contributed by atoms with E-state index in [9.17, 15) is 9.18 Å². The average molecular weight is 317 g/mol. The molecule has 2 heterocycles. The van der Waals surface area contributed by atoms with E-state index in [1.807, 2.05) is 11.1 Å². The first-order chi connectivity index (χ1) is 11.0. The van der Waals surface area contributed by atoms with Crippen LogP contribution in [0.15, 0.2) is 24.4 Å². The van der Waals surface area contributed by atoms with Crippen LogP contribution in [0.3, 0.4) is 0 Å². The number of aromatic nitrogens is 1. The fourth-order valence-electron chi connectivity index (χ4n) is 3.62. The van der Waals surface area contributed by atoms with Crippen LogP contribution in [0.1, 0.15) is 18.9 Å². The molecule has 1 aliphatic heterocycles. The van der Waals surface area contributed by atoms with Crippen LogP contribution < -0.4 is 0 Å². The molecule has 4 nitrogen and oxygen atoms in total. The van der Waals surface area contributed by atoms with Gasteiger partial charge in [0.2, 0.25) is 5.91 Å². The van der Waals surface area contributed by atoms with Gasteiger partial charge < -0.3 is 14.8 Å². The van der Waals surface area contributed by atoms with E-state index in [1.54, 1.807) is 6.07 Å². The Bertz CT molecular complexity index is 709. The number of halogens is 1. The molecule has 1 aliphatic rings. The quantitative estimate of drug-likeness (QED) is 0.941. The molecule has 124 valence electrons. The summed E-state index contributed by atoms with van der Waals surface area (Å²) in [5.41, 5.74) is 1.68. The van der Waals surface area contributed by atoms with Gasteiger partial charge in [-0.25, -0.2) is 4.39 Å². The van der Waals surface area contributed by atoms with E-state index in [-0.39, 0.29) is 11.7 Å². The largest absolute Gasteiger partial charge is 0.361 e. The first-order valence-corrected chi connectivity index (χ1v) is 8.19. The second kappa shape index (κ2) is 6.32. The van der Waals surface area contributed by atoms with Crippen molar-refractivity contribution in [1.82, 2.24) is 14.8 Å². The number of aromatic amines is 1. The summed E-state index contributed by atoms with van der Waals surface area (Å²) in [6, 6.07) is 5.08. The van der Waals surface area contributed by atoms with E-state index >= 15 is 0 Å². The van der Waals surface area contributed by atoms with Crippen molar-refractivity contribution in [3.8, 4) is 0 Å². The molecule has 1 aromatic heterocycles. The Balaban J connectivity index is 1.74. The standard InChI is InChI=1S/C18H24FN3O/c1-4-12-10-22(11-17(12)21(2)3)18(23)7-13-9-20-16-8-14(19)5-6-15(13)16/h5-6,8-9,12,17,20H,4,7,10-11H2,1-3H3/t12-,17-/m0/s1. The molecule has 2 atom stereocenters. The zero-order valence-corrected chi connectivity index (χ0v) is 14.0. The number of likely N-dealkylation sites (tertiary alicyclic amines) is 1. The van der Waals surface area contributed by atoms with Crippen molar-refractivity contribution < 1.29 is 9.18 Å². The molecule has 3 rings (SSSR count). The first-order valence-electron chi connectivity index (χ1n) is 8.19. The van der Waals surface area contributed by atoms with Gasteiger partial charge in [0.05, 0.1) is 6.42 Å². The summed E-state index contributed by atoms with van der Waals surface area (Å²) in [7, 11) is 4.16. The first kappa shape index (κ1) is 16.0. The lowest BCUT2D eigenvalue weighted by Gasteiger charge is -2.23. The highest BCUT2D eigenvalue weighted by molar-refractivity contribution is 5.89. The van der Waals surface area contributed by atoms with Crippen LogP contribution in [0.25, 0.3) is 10.9 Å². The van der Waals surface area contributed by atoms with Crippen molar-refractivity contribution >= 4 is 16.8 Å². The Morgan fingerprint density at radius 3 is 2.83 bits per heavy atom. The van der Waals surface area contributed by atoms with E-state index in [1.165, 1.54) is 12.1 Å². The van der Waals surface area contributed by atoms with Crippen molar-refractivity contribution in [2.45, 2.75) is 25.8 Å². The average Bonchev–Trinajstić information content (AvgIpc) is 3.11. The maximum absolute atomic E-state index is 13.3. The third kappa shape index (κ3) is 3.11. The maximum Gasteiger partial charge on any atom is 0.227 e. The predicted octanol–water partition coefficient (Wildman–Crippen LogP) is 2.65. The Morgan fingerprint density at radius 1 is 1.39 bits per heavy atom. The number of hydrogen-bond donors (Lipinski definition) is 1. The van der Waals surface area contributed by atoms with Crippen molar-refractivity contribution in [3.05, 3.63) is 35.8 Å². The summed E-state index contributed by atoms with van der Waals surface area (Å²) in [4.78, 5) is 19.9. The lowest BCUT2D eigenvalue weighted by atomic mass is 10.0. The minimum atomic E-state index is -0.267. The number of nitrogens with zero attached hydrogens (tertiary/aromatic N) is 2. The topological polar surface area (TPSA) is 39.3 Å². The molecular weight excluding hydrogens is 293 g/mol. The zero-order chi connectivity index (χ0) is 16.6. The lowest BCUT2D eigenvalue weighted by molar-refractivity contribution is -0.129. The van der Waals surface area contributed by atoms with Crippen molar-refractivity contribution in [3.63, 3.8) is 0 Å². The molecule has 1 fully saturated rings. The van der Waals surface area contributed by atoms with Gasteiger partial charge in [0.25, 0.3) is 0 Å². The van der Waals surface area contributed by atoms with Gasteiger partial charge in [-0.05, 0) is 43.8 Å². The van der Waals surface area contributed by atoms with E-state index < -0.39 is 0 Å². The summed E-state index contributed by atoms with van der Waals surface area (Å²) in [5.74, 6) is 0.417. The summed E-state index contributed by atoms with van der Waals surface area (Å²) < 4.78 is 13.3. The highest BCUT2D eigenvalue weighted by atomic mass is 19.1. The van der Waals surface area contributed by atoms with Crippen LogP contribution in [0.5, 0.6) is 0 Å². The molecule has 0 aliphatic carbocycles. The van der Waals surface area contributed by atoms with Crippen LogP contribution in [0.2, 0.25) is 0 Å². The van der Waals surface area contributed by atoms with Crippen LogP contribution in [-0.2, 0) is 11.2 Å². The number of rotatable bonds is 4. The van der Waals surface area contributed by atoms with Gasteiger partial charge in [-0.1, -0.05) is 13.3 Å². The monoisotopic (exact) mass is 317 g/mol. The summed E-state index contributed by atoms with van der Waals surface area (Å²) in [6.45, 7) is 3.81. The van der Waals surface area contributed by atoms with Crippen molar-refractivity contribution in [2.75, 3.05) is 27.2 Å². The van der Waals surface area contributed by atoms with Crippen molar-refractivity contribution in [2.24, 2.45) is 5.92 Å². The summed E-state index contributed by atoms with van der Waals surface area (Å²) in [5, 5.41) is 0.926. The SMILES string of the molecule is CC[C@H]1CN(C(=O)Cc2c[nH]c3cc(F)ccc23)C[C@@H]1N(C)C. The predicted molar refractivity (Wildman–Crippen MR) is 89.8 cm³/mol. The van der Waals surface area contributed by atoms with Gasteiger partial charge >= 0.3 is 0 Å². The fourth-order valence-corrected chi connectivity index (χ4v) is 3.62. The number of benzene rings is 1. The molecule has 0 spiro atoms. The van der Waals surface area contributed by atoms with Gasteiger partial charge in [0.15, 0.2) is 0 Å². The van der Waals surface area contributed by atoms with Crippen LogP contribution in [0.4, 0.5) is 4.39 Å². The Kier molecular flexibility index (Phi) is 4.39. The number of carbonyl (C=O) groups excluding carboxylic acids is 1. The van der Waals surface area contributed by atoms with E-state index in [0.717, 1.165) is 36.0 Å². The third-order valence-electron chi connectivity index (χ3n) is 5.02. The lowest BCUT2D eigenvalue weighted by Crippen LogP contribution is -2.36. The Labute approximate surface area is 136 Å². The fraction of sp³-hybridized carbons (Fsp3) is 0.500. The number of nitrogens with one attached hydrogen (secondary N) is 1. The number of hydrogen-bond acceptors (Lipinski definition) is 2. The van der Waals surface area contributed by atoms with Crippen LogP contribution in [0, 0.1) is 11.7 Å². The zero-order valence-electron chi connectivity index (χ0n) is 14.0. The molecule has 5 heteroatoms. The molecule has 0 bridgehead atoms. The molecule has 1 N–H and O–H groups in total. The van der Waals surface area contributed by atoms with Gasteiger partial charge in [-0.15, -0.1) is 0 Å². The van der Waals surface area contributed by atoms with E-state index in [0.29, 0.717) is 18.4 Å². The molecule has 0 saturated carbocycles. The molecule has 0 unspecified atom stereocenters. The molecule has 1 amide bonds. The normalized spacial score (nSPS) is 21.5. The van der Waals surface area contributed by atoms with Gasteiger partial charge in [-0.3, -0.25) is 4.79 Å². The summed E-state index contributed by atoms with van der Waals surface area (Å²) in [6.07, 6.45) is 3.26. The van der Waals surface area contributed by atoms with Gasteiger partial charge in [0.1, 0.15) is 5.82 Å². The highest BCUT2D eigenvalue weighted by Crippen LogP contribution is 2.25. The molecule has 2 aromatic rings. The molecule has 23 heavy (non-hydrogen) atoms. The molecular formula is C18H24FN3O. The van der Waals surface area contributed by atoms with Crippen LogP contribution >= 0.6 is 0 Å². The second-order valence-electron chi connectivity index (χ2n) is 6.68. The number of amides is 1. The smallest absolute Gasteiger partial charge is 0.227 e. The number of carbonyl (C=O) groups is 1. The van der Waals surface area contributed by atoms with Crippen molar-refractivity contribution in [1.29, 1.82) is 0 Å². The number of H-pyrrole nitrogens is 1. The number of fused-ring (bicyclic) bond motifs is 1. The summed E-state index contributed by atoms with van der Waals surface area (Å²) >= 11 is 0. The molecule has 1 aromatic carbocycles. The number of likely N-dealkylation sites (N-methyl/N-ethyl adjacent to an activating group) is 1. The highest BCUT2D eigenvalue weighted by Gasteiger charge is 2.35. The minimum Gasteiger partial charge on any atom is -0.361 e. The molecule has 0 radical (unpaired) electrons. The Morgan fingerprint density at radius 2 is 2.17 bits per heavy atom. The van der Waals surface area contributed by atoms with E-state index in [2.05, 4.69) is 30.9 Å². The third-order valence-corrected chi connectivity index (χ3v) is 5.02. The maximum atomic E-state index is 13.3. The van der Waals surface area contributed by atoms with E-state index in [4.69, 9.17) is 0 Å². The van der Waals surface area contributed by atoms with Crippen LogP contribution in [-0.4, -0.2) is 53.9 Å².